The largest absolute Gasteiger partial charge is 0.444 e. The standard InChI is InChI=1S/C35H45FN4O4/c1-23(2)40(24(3)4)33(42)31(27-17-13-19-38-21-27)28(25-14-9-8-10-15-25)22-39(34(43)44-35(5,6)7)30(32(37)41)20-26-16-11-12-18-29(26)36/h8-19,21,23-24,28,30-31H,20,22H2,1-7H3,(H2,37,41)/t28?,30-,31?/m0/s1. The lowest BCUT2D eigenvalue weighted by Gasteiger charge is -2.40. The van der Waals surface area contributed by atoms with E-state index in [2.05, 4.69) is 4.98 Å². The first-order valence-corrected chi connectivity index (χ1v) is 15.0. The Balaban J connectivity index is 2.25. The molecule has 2 N–H and O–H groups in total. The molecule has 8 nitrogen and oxygen atoms in total. The number of amides is 3. The molecular weight excluding hydrogens is 559 g/mol. The van der Waals surface area contributed by atoms with Crippen molar-refractivity contribution in [1.82, 2.24) is 14.8 Å². The number of primary amides is 1. The summed E-state index contributed by atoms with van der Waals surface area (Å²) in [6.45, 7) is 12.9. The van der Waals surface area contributed by atoms with Crippen molar-refractivity contribution < 1.29 is 23.5 Å². The van der Waals surface area contributed by atoms with E-state index in [9.17, 15) is 18.8 Å². The predicted molar refractivity (Wildman–Crippen MR) is 169 cm³/mol. The van der Waals surface area contributed by atoms with Crippen molar-refractivity contribution in [2.45, 2.75) is 90.4 Å². The van der Waals surface area contributed by atoms with Crippen LogP contribution in [0.3, 0.4) is 0 Å². The average Bonchev–Trinajstić information content (AvgIpc) is 2.94. The van der Waals surface area contributed by atoms with Crippen LogP contribution in [0, 0.1) is 5.82 Å². The lowest BCUT2D eigenvalue weighted by atomic mass is 9.79. The van der Waals surface area contributed by atoms with Gasteiger partial charge < -0.3 is 15.4 Å². The van der Waals surface area contributed by atoms with E-state index in [0.29, 0.717) is 5.56 Å². The van der Waals surface area contributed by atoms with Crippen molar-refractivity contribution >= 4 is 17.9 Å². The molecule has 9 heteroatoms. The molecule has 3 atom stereocenters. The topological polar surface area (TPSA) is 106 Å². The molecule has 236 valence electrons. The quantitative estimate of drug-likeness (QED) is 0.270. The fraction of sp³-hybridized carbons (Fsp3) is 0.429. The lowest BCUT2D eigenvalue weighted by Crippen LogP contribution is -2.53. The minimum atomic E-state index is -1.26. The Morgan fingerprint density at radius 3 is 2.00 bits per heavy atom. The van der Waals surface area contributed by atoms with Crippen LogP contribution in [0.2, 0.25) is 0 Å². The van der Waals surface area contributed by atoms with Gasteiger partial charge in [0.15, 0.2) is 0 Å². The highest BCUT2D eigenvalue weighted by Crippen LogP contribution is 2.37. The first-order valence-electron chi connectivity index (χ1n) is 15.0. The summed E-state index contributed by atoms with van der Waals surface area (Å²) >= 11 is 0. The maximum absolute atomic E-state index is 14.8. The fourth-order valence-corrected chi connectivity index (χ4v) is 5.57. The number of ether oxygens (including phenoxy) is 1. The zero-order chi connectivity index (χ0) is 32.6. The monoisotopic (exact) mass is 604 g/mol. The van der Waals surface area contributed by atoms with Gasteiger partial charge in [0, 0.05) is 43.4 Å². The lowest BCUT2D eigenvalue weighted by molar-refractivity contribution is -0.137. The minimum absolute atomic E-state index is 0.112. The molecule has 0 aliphatic carbocycles. The first-order chi connectivity index (χ1) is 20.7. The first kappa shape index (κ1) is 34.2. The Hall–Kier alpha value is -4.27. The summed E-state index contributed by atoms with van der Waals surface area (Å²) in [4.78, 5) is 49.0. The van der Waals surface area contributed by atoms with Crippen molar-refractivity contribution in [2.24, 2.45) is 5.73 Å². The van der Waals surface area contributed by atoms with Crippen LogP contribution in [0.25, 0.3) is 0 Å². The molecule has 0 saturated carbocycles. The smallest absolute Gasteiger partial charge is 0.411 e. The molecule has 0 aliphatic heterocycles. The minimum Gasteiger partial charge on any atom is -0.444 e. The van der Waals surface area contributed by atoms with Crippen LogP contribution >= 0.6 is 0 Å². The van der Waals surface area contributed by atoms with Crippen LogP contribution in [-0.2, 0) is 20.7 Å². The molecule has 0 radical (unpaired) electrons. The van der Waals surface area contributed by atoms with Gasteiger partial charge >= 0.3 is 6.09 Å². The van der Waals surface area contributed by atoms with Crippen LogP contribution in [0.5, 0.6) is 0 Å². The molecule has 2 unspecified atom stereocenters. The molecule has 3 amide bonds. The molecule has 1 aromatic heterocycles. The molecule has 3 aromatic rings. The molecular formula is C35H45FN4O4. The number of hydrogen-bond donors (Lipinski definition) is 1. The van der Waals surface area contributed by atoms with Crippen LogP contribution in [0.1, 0.15) is 77.0 Å². The van der Waals surface area contributed by atoms with Gasteiger partial charge in [0.2, 0.25) is 11.8 Å². The van der Waals surface area contributed by atoms with Crippen LogP contribution in [0.4, 0.5) is 9.18 Å². The average molecular weight is 605 g/mol. The number of halogens is 1. The number of benzene rings is 2. The van der Waals surface area contributed by atoms with Gasteiger partial charge in [0.05, 0.1) is 5.92 Å². The van der Waals surface area contributed by atoms with E-state index in [1.165, 1.54) is 11.0 Å². The zero-order valence-corrected chi connectivity index (χ0v) is 26.7. The summed E-state index contributed by atoms with van der Waals surface area (Å²) in [5, 5.41) is 0. The molecule has 0 spiro atoms. The Morgan fingerprint density at radius 1 is 0.886 bits per heavy atom. The van der Waals surface area contributed by atoms with Crippen molar-refractivity contribution in [3.63, 3.8) is 0 Å². The van der Waals surface area contributed by atoms with Gasteiger partial charge in [-0.2, -0.15) is 0 Å². The van der Waals surface area contributed by atoms with E-state index in [1.54, 1.807) is 57.4 Å². The summed E-state index contributed by atoms with van der Waals surface area (Å²) in [5.41, 5.74) is 6.69. The van der Waals surface area contributed by atoms with E-state index < -0.39 is 41.3 Å². The number of nitrogens with zero attached hydrogens (tertiary/aromatic N) is 3. The maximum Gasteiger partial charge on any atom is 0.411 e. The summed E-state index contributed by atoms with van der Waals surface area (Å²) in [5.74, 6) is -2.92. The second kappa shape index (κ2) is 14.9. The molecule has 0 fully saturated rings. The number of hydrogen-bond acceptors (Lipinski definition) is 5. The van der Waals surface area contributed by atoms with E-state index in [4.69, 9.17) is 10.5 Å². The Morgan fingerprint density at radius 2 is 1.48 bits per heavy atom. The maximum atomic E-state index is 14.8. The third-order valence-electron chi connectivity index (χ3n) is 7.40. The van der Waals surface area contributed by atoms with Gasteiger partial charge in [-0.1, -0.05) is 54.6 Å². The molecule has 0 aliphatic rings. The molecule has 0 saturated heterocycles. The number of nitrogens with two attached hydrogens (primary N) is 1. The molecule has 1 heterocycles. The molecule has 44 heavy (non-hydrogen) atoms. The predicted octanol–water partition coefficient (Wildman–Crippen LogP) is 6.07. The van der Waals surface area contributed by atoms with Gasteiger partial charge in [-0.25, -0.2) is 9.18 Å². The van der Waals surface area contributed by atoms with Crippen molar-refractivity contribution in [1.29, 1.82) is 0 Å². The van der Waals surface area contributed by atoms with Gasteiger partial charge in [0.1, 0.15) is 17.5 Å². The third-order valence-corrected chi connectivity index (χ3v) is 7.40. The van der Waals surface area contributed by atoms with Gasteiger partial charge in [-0.3, -0.25) is 19.5 Å². The second-order valence-electron chi connectivity index (χ2n) is 12.6. The number of carbonyl (C=O) groups excluding carboxylic acids is 3. The number of carbonyl (C=O) groups is 3. The Labute approximate surface area is 260 Å². The molecule has 3 rings (SSSR count). The normalized spacial score (nSPS) is 13.7. The van der Waals surface area contributed by atoms with E-state index in [0.717, 1.165) is 5.56 Å². The summed E-state index contributed by atoms with van der Waals surface area (Å²) in [6.07, 6.45) is 2.33. The number of rotatable bonds is 12. The Bertz CT molecular complexity index is 1380. The van der Waals surface area contributed by atoms with E-state index in [-0.39, 0.29) is 36.5 Å². The summed E-state index contributed by atoms with van der Waals surface area (Å²) < 4.78 is 20.6. The van der Waals surface area contributed by atoms with Crippen LogP contribution in [0.15, 0.2) is 79.1 Å². The third kappa shape index (κ3) is 8.88. The highest BCUT2D eigenvalue weighted by Gasteiger charge is 2.41. The van der Waals surface area contributed by atoms with Crippen LogP contribution in [-0.4, -0.2) is 63.0 Å². The SMILES string of the molecule is CC(C)N(C(=O)C(c1cccnc1)C(CN(C(=O)OC(C)(C)C)[C@@H](Cc1ccccc1F)C(N)=O)c1ccccc1)C(C)C. The number of pyridine rings is 1. The van der Waals surface area contributed by atoms with E-state index in [1.807, 2.05) is 69.0 Å². The highest BCUT2D eigenvalue weighted by molar-refractivity contribution is 5.87. The van der Waals surface area contributed by atoms with Gasteiger partial charge in [-0.15, -0.1) is 0 Å². The van der Waals surface area contributed by atoms with Crippen LogP contribution < -0.4 is 5.73 Å². The Kier molecular flexibility index (Phi) is 11.6. The number of aromatic nitrogens is 1. The highest BCUT2D eigenvalue weighted by atomic mass is 19.1. The summed E-state index contributed by atoms with van der Waals surface area (Å²) in [6, 6.07) is 17.5. The fourth-order valence-electron chi connectivity index (χ4n) is 5.57. The molecule has 0 bridgehead atoms. The van der Waals surface area contributed by atoms with Crippen molar-refractivity contribution in [2.75, 3.05) is 6.54 Å². The van der Waals surface area contributed by atoms with Crippen molar-refractivity contribution in [3.8, 4) is 0 Å². The summed E-state index contributed by atoms with van der Waals surface area (Å²) in [7, 11) is 0. The van der Waals surface area contributed by atoms with Gasteiger partial charge in [-0.05, 0) is 77.3 Å². The van der Waals surface area contributed by atoms with E-state index >= 15 is 0 Å². The van der Waals surface area contributed by atoms with Crippen molar-refractivity contribution in [3.05, 3.63) is 102 Å². The second-order valence-corrected chi connectivity index (χ2v) is 12.6. The van der Waals surface area contributed by atoms with Gasteiger partial charge in [0.25, 0.3) is 0 Å². The molecule has 2 aromatic carbocycles. The zero-order valence-electron chi connectivity index (χ0n) is 26.7.